The number of halogens is 3. The second-order valence-electron chi connectivity index (χ2n) is 7.25. The average molecular weight is 617 g/mol. The fraction of sp³-hybridized carbons (Fsp3) is 0.167. The number of rotatable bonds is 13. The van der Waals surface area contributed by atoms with Crippen molar-refractivity contribution in [3.63, 3.8) is 0 Å². The maximum atomic E-state index is 12.2. The Balaban J connectivity index is 1.91. The molecular formula is C24H21F3N2O10PS+. The predicted molar refractivity (Wildman–Crippen MR) is 141 cm³/mol. The topological polar surface area (TPSA) is 148 Å². The number of esters is 1. The second-order valence-corrected chi connectivity index (χ2v) is 9.66. The summed E-state index contributed by atoms with van der Waals surface area (Å²) in [5.41, 5.74) is 0.384. The number of anilines is 2. The van der Waals surface area contributed by atoms with Gasteiger partial charge in [0, 0.05) is 23.5 Å². The highest BCUT2D eigenvalue weighted by Gasteiger charge is 2.34. The van der Waals surface area contributed by atoms with Gasteiger partial charge in [-0.15, -0.1) is 0 Å². The maximum Gasteiger partial charge on any atom is 0.436 e. The Morgan fingerprint density at radius 1 is 0.854 bits per heavy atom. The maximum absolute atomic E-state index is 12.2. The first-order valence-electron chi connectivity index (χ1n) is 11.0. The van der Waals surface area contributed by atoms with Crippen LogP contribution in [0, 0.1) is 0 Å². The zero-order chi connectivity index (χ0) is 30.4. The molecule has 2 N–H and O–H groups in total. The molecule has 0 aliphatic rings. The van der Waals surface area contributed by atoms with Crippen LogP contribution in [0.4, 0.5) is 34.1 Å². The molecule has 0 bridgehead atoms. The normalized spacial score (nSPS) is 11.5. The smallest absolute Gasteiger partial charge is 0.436 e. The molecule has 2 aromatic rings. The highest BCUT2D eigenvalue weighted by molar-refractivity contribution is 8.03. The van der Waals surface area contributed by atoms with Crippen LogP contribution in [0.2, 0.25) is 0 Å². The van der Waals surface area contributed by atoms with Gasteiger partial charge in [0.2, 0.25) is 11.8 Å². The van der Waals surface area contributed by atoms with Gasteiger partial charge in [-0.1, -0.05) is 13.2 Å². The molecule has 2 amide bonds. The van der Waals surface area contributed by atoms with E-state index in [1.807, 2.05) is 0 Å². The third kappa shape index (κ3) is 12.8. The number of alkyl halides is 3. The minimum Gasteiger partial charge on any atom is -0.440 e. The van der Waals surface area contributed by atoms with Crippen molar-refractivity contribution in [2.45, 2.75) is 12.0 Å². The van der Waals surface area contributed by atoms with Crippen LogP contribution < -0.4 is 20.0 Å². The van der Waals surface area contributed by atoms with E-state index in [-0.39, 0.29) is 22.9 Å². The average Bonchev–Trinajstić information content (AvgIpc) is 2.94. The molecular weight excluding hydrogens is 596 g/mol. The van der Waals surface area contributed by atoms with E-state index in [9.17, 15) is 32.3 Å². The fourth-order valence-electron chi connectivity index (χ4n) is 2.40. The molecule has 0 spiro atoms. The Labute approximate surface area is 236 Å². The highest BCUT2D eigenvalue weighted by Crippen LogP contribution is 2.34. The van der Waals surface area contributed by atoms with E-state index < -0.39 is 56.3 Å². The van der Waals surface area contributed by atoms with E-state index >= 15 is 0 Å². The summed E-state index contributed by atoms with van der Waals surface area (Å²) in [6, 6.07) is 10.9. The van der Waals surface area contributed by atoms with Gasteiger partial charge < -0.3 is 14.2 Å². The Bertz CT molecular complexity index is 1270. The molecule has 17 heteroatoms. The van der Waals surface area contributed by atoms with Crippen LogP contribution in [0.5, 0.6) is 11.5 Å². The fourth-order valence-corrected chi connectivity index (χ4v) is 3.80. The zero-order valence-electron chi connectivity index (χ0n) is 20.8. The van der Waals surface area contributed by atoms with Gasteiger partial charge in [0.15, 0.2) is 24.7 Å². The van der Waals surface area contributed by atoms with Crippen molar-refractivity contribution < 1.29 is 60.9 Å². The van der Waals surface area contributed by atoms with Crippen LogP contribution in [0.1, 0.15) is 0 Å². The number of carbonyl (C=O) groups excluding carboxylic acids is 4. The number of amides is 2. The van der Waals surface area contributed by atoms with E-state index in [0.29, 0.717) is 0 Å². The first kappa shape index (κ1) is 32.5. The van der Waals surface area contributed by atoms with E-state index in [0.717, 1.165) is 12.2 Å². The summed E-state index contributed by atoms with van der Waals surface area (Å²) in [6.07, 6.45) is -5.13. The van der Waals surface area contributed by atoms with Gasteiger partial charge in [0.05, 0.1) is 0 Å². The lowest BCUT2D eigenvalue weighted by atomic mass is 10.3. The number of carbonyl (C=O) groups is 4. The minimum absolute atomic E-state index is 0.102. The van der Waals surface area contributed by atoms with Crippen molar-refractivity contribution in [3.05, 3.63) is 73.8 Å². The molecule has 218 valence electrons. The summed E-state index contributed by atoms with van der Waals surface area (Å²) in [5, 5.41) is 4.53. The molecule has 2 unspecified atom stereocenters. The van der Waals surface area contributed by atoms with Crippen molar-refractivity contribution in [3.8, 4) is 11.5 Å². The van der Waals surface area contributed by atoms with E-state index in [2.05, 4.69) is 33.4 Å². The quantitative estimate of drug-likeness (QED) is 0.0747. The van der Waals surface area contributed by atoms with Gasteiger partial charge in [-0.2, -0.15) is 13.2 Å². The third-order valence-electron chi connectivity index (χ3n) is 4.16. The molecule has 0 fully saturated rings. The lowest BCUT2D eigenvalue weighted by Gasteiger charge is -2.11. The standard InChI is InChI=1S/C24H20F3N2O10PS/c1-3-19(30)36-21(13-34-22(32)28-15-5-9-17(10-6-15)37-38-20(31)4-2)40(41)39-18-11-7-16(8-12-18)29-23(33)35-14-24(25,26)27/h3-12,21H,1-2,13-14H2,(H-,28,29,32,33)/p+1. The van der Waals surface area contributed by atoms with Gasteiger partial charge in [-0.05, 0) is 48.5 Å². The summed E-state index contributed by atoms with van der Waals surface area (Å²) in [7, 11) is 0. The zero-order valence-corrected chi connectivity index (χ0v) is 22.5. The summed E-state index contributed by atoms with van der Waals surface area (Å²) in [4.78, 5) is 55.6. The van der Waals surface area contributed by atoms with E-state index in [1.54, 1.807) is 0 Å². The Morgan fingerprint density at radius 2 is 1.37 bits per heavy atom. The number of hydrogen-bond donors (Lipinski definition) is 2. The molecule has 0 aliphatic heterocycles. The highest BCUT2D eigenvalue weighted by atomic mass is 32.4. The van der Waals surface area contributed by atoms with Crippen molar-refractivity contribution in [2.75, 3.05) is 23.8 Å². The molecule has 0 aromatic heterocycles. The largest absolute Gasteiger partial charge is 0.440 e. The molecule has 41 heavy (non-hydrogen) atoms. The van der Waals surface area contributed by atoms with Crippen LogP contribution in [0.3, 0.4) is 0 Å². The SMILES string of the molecule is C=CC(=O)OOc1ccc(NC(=O)OCC(OC(=O)C=C)[P+](=S)Oc2ccc(NC(=O)OCC(F)(F)F)cc2)cc1. The van der Waals surface area contributed by atoms with Gasteiger partial charge >= 0.3 is 43.1 Å². The molecule has 0 saturated heterocycles. The summed E-state index contributed by atoms with van der Waals surface area (Å²) in [6.45, 7) is 2.24. The monoisotopic (exact) mass is 617 g/mol. The van der Waals surface area contributed by atoms with Gasteiger partial charge in [-0.3, -0.25) is 20.0 Å². The molecule has 2 rings (SSSR count). The van der Waals surface area contributed by atoms with Gasteiger partial charge in [0.1, 0.15) is 0 Å². The lowest BCUT2D eigenvalue weighted by Crippen LogP contribution is -2.24. The number of hydrogen-bond acceptors (Lipinski definition) is 11. The molecule has 0 aliphatic carbocycles. The first-order valence-corrected chi connectivity index (χ1v) is 13.4. The van der Waals surface area contributed by atoms with E-state index in [4.69, 9.17) is 30.7 Å². The predicted octanol–water partition coefficient (Wildman–Crippen LogP) is 5.36. The van der Waals surface area contributed by atoms with Gasteiger partial charge in [-0.25, -0.2) is 24.1 Å². The first-order chi connectivity index (χ1) is 19.4. The second kappa shape index (κ2) is 15.8. The molecule has 2 aromatic carbocycles. The summed E-state index contributed by atoms with van der Waals surface area (Å²) < 4.78 is 56.3. The lowest BCUT2D eigenvalue weighted by molar-refractivity contribution is -0.207. The van der Waals surface area contributed by atoms with Crippen LogP contribution in [0.25, 0.3) is 0 Å². The Hall–Kier alpha value is -4.69. The molecule has 0 heterocycles. The molecule has 12 nitrogen and oxygen atoms in total. The van der Waals surface area contributed by atoms with Gasteiger partial charge in [0.25, 0.3) is 0 Å². The minimum atomic E-state index is -4.67. The molecule has 0 radical (unpaired) electrons. The van der Waals surface area contributed by atoms with Crippen molar-refractivity contribution in [1.29, 1.82) is 0 Å². The van der Waals surface area contributed by atoms with Crippen LogP contribution in [0.15, 0.2) is 73.8 Å². The Morgan fingerprint density at radius 3 is 1.88 bits per heavy atom. The summed E-state index contributed by atoms with van der Waals surface area (Å²) in [5.74, 6) is -2.54. The Kier molecular flexibility index (Phi) is 12.5. The van der Waals surface area contributed by atoms with Crippen LogP contribution in [-0.4, -0.2) is 49.4 Å². The van der Waals surface area contributed by atoms with Crippen molar-refractivity contribution in [1.82, 2.24) is 0 Å². The number of nitrogens with one attached hydrogen (secondary N) is 2. The van der Waals surface area contributed by atoms with Crippen molar-refractivity contribution in [2.24, 2.45) is 0 Å². The molecule has 0 saturated carbocycles. The van der Waals surface area contributed by atoms with Crippen molar-refractivity contribution >= 4 is 54.2 Å². The van der Waals surface area contributed by atoms with E-state index in [1.165, 1.54) is 48.5 Å². The molecule has 2 atom stereocenters. The number of benzene rings is 2. The van der Waals surface area contributed by atoms with Crippen LogP contribution in [-0.2, 0) is 40.5 Å². The third-order valence-corrected chi connectivity index (χ3v) is 6.21. The van der Waals surface area contributed by atoms with Crippen LogP contribution >= 0.6 is 6.92 Å². The number of ether oxygens (including phenoxy) is 3. The summed E-state index contributed by atoms with van der Waals surface area (Å²) >= 11 is 5.29.